The summed E-state index contributed by atoms with van der Waals surface area (Å²) in [5.41, 5.74) is 2.80. The average molecular weight is 567 g/mol. The topological polar surface area (TPSA) is 63.1 Å². The van der Waals surface area contributed by atoms with Crippen LogP contribution >= 0.6 is 43.6 Å². The van der Waals surface area contributed by atoms with E-state index in [9.17, 15) is 4.79 Å². The van der Waals surface area contributed by atoms with Crippen LogP contribution in [-0.2, 0) is 4.79 Å². The molecule has 9 heteroatoms. The Balaban J connectivity index is 1.83. The number of amides is 1. The summed E-state index contributed by atoms with van der Waals surface area (Å²) in [6.07, 6.45) is 0.901. The van der Waals surface area contributed by atoms with Gasteiger partial charge in [-0.15, -0.1) is 10.2 Å². The first-order chi connectivity index (χ1) is 14.8. The number of halogens is 2. The van der Waals surface area contributed by atoms with Crippen molar-refractivity contribution in [3.63, 3.8) is 0 Å². The molecule has 0 saturated carbocycles. The molecule has 1 atom stereocenters. The van der Waals surface area contributed by atoms with Crippen molar-refractivity contribution in [2.45, 2.75) is 31.5 Å². The molecule has 3 aromatic rings. The molecule has 0 fully saturated rings. The molecule has 2 aromatic carbocycles. The predicted molar refractivity (Wildman–Crippen MR) is 134 cm³/mol. The Morgan fingerprint density at radius 3 is 2.39 bits per heavy atom. The van der Waals surface area contributed by atoms with Crippen LogP contribution in [0.5, 0.6) is 0 Å². The van der Waals surface area contributed by atoms with E-state index < -0.39 is 0 Å². The van der Waals surface area contributed by atoms with Crippen LogP contribution in [0.15, 0.2) is 56.6 Å². The Morgan fingerprint density at radius 1 is 1.16 bits per heavy atom. The highest BCUT2D eigenvalue weighted by molar-refractivity contribution is 9.11. The zero-order valence-electron chi connectivity index (χ0n) is 17.9. The van der Waals surface area contributed by atoms with Crippen molar-refractivity contribution in [2.24, 2.45) is 0 Å². The lowest BCUT2D eigenvalue weighted by atomic mass is 10.2. The number of thioether (sulfide) groups is 1. The van der Waals surface area contributed by atoms with E-state index in [4.69, 9.17) is 0 Å². The van der Waals surface area contributed by atoms with Crippen molar-refractivity contribution >= 4 is 55.2 Å². The van der Waals surface area contributed by atoms with Crippen LogP contribution < -0.4 is 5.32 Å². The SMILES string of the molecule is CCC(c1nnc(SCC(=O)Nc2c(Br)cc(C)cc2Br)n1-c1ccccc1)N(C)C. The summed E-state index contributed by atoms with van der Waals surface area (Å²) in [5.74, 6) is 0.973. The third-order valence-corrected chi connectivity index (χ3v) is 6.94. The fraction of sp³-hybridized carbons (Fsp3) is 0.318. The van der Waals surface area contributed by atoms with Gasteiger partial charge in [-0.2, -0.15) is 0 Å². The molecule has 0 aliphatic heterocycles. The zero-order chi connectivity index (χ0) is 22.5. The monoisotopic (exact) mass is 565 g/mol. The first-order valence-electron chi connectivity index (χ1n) is 9.87. The average Bonchev–Trinajstić information content (AvgIpc) is 3.13. The number of benzene rings is 2. The summed E-state index contributed by atoms with van der Waals surface area (Å²) in [7, 11) is 4.07. The van der Waals surface area contributed by atoms with Crippen LogP contribution in [0.4, 0.5) is 5.69 Å². The van der Waals surface area contributed by atoms with Crippen LogP contribution in [0.25, 0.3) is 5.69 Å². The van der Waals surface area contributed by atoms with E-state index >= 15 is 0 Å². The largest absolute Gasteiger partial charge is 0.323 e. The molecule has 0 saturated heterocycles. The number of carbonyl (C=O) groups excluding carboxylic acids is 1. The van der Waals surface area contributed by atoms with Gasteiger partial charge in [-0.1, -0.05) is 36.9 Å². The lowest BCUT2D eigenvalue weighted by molar-refractivity contribution is -0.113. The Morgan fingerprint density at radius 2 is 1.81 bits per heavy atom. The lowest BCUT2D eigenvalue weighted by Crippen LogP contribution is -2.23. The Kier molecular flexibility index (Phi) is 8.32. The fourth-order valence-electron chi connectivity index (χ4n) is 3.31. The first-order valence-corrected chi connectivity index (χ1v) is 12.4. The minimum atomic E-state index is -0.112. The van der Waals surface area contributed by atoms with Crippen molar-refractivity contribution in [3.8, 4) is 5.69 Å². The van der Waals surface area contributed by atoms with Crippen molar-refractivity contribution < 1.29 is 4.79 Å². The Bertz CT molecular complexity index is 1030. The maximum atomic E-state index is 12.7. The van der Waals surface area contributed by atoms with E-state index in [1.165, 1.54) is 11.8 Å². The number of anilines is 1. The van der Waals surface area contributed by atoms with Crippen LogP contribution in [-0.4, -0.2) is 45.4 Å². The lowest BCUT2D eigenvalue weighted by Gasteiger charge is -2.23. The molecule has 6 nitrogen and oxygen atoms in total. The molecule has 31 heavy (non-hydrogen) atoms. The van der Waals surface area contributed by atoms with E-state index in [0.717, 1.165) is 38.1 Å². The molecule has 1 unspecified atom stereocenters. The summed E-state index contributed by atoms with van der Waals surface area (Å²) in [5, 5.41) is 12.6. The van der Waals surface area contributed by atoms with Gasteiger partial charge < -0.3 is 5.32 Å². The van der Waals surface area contributed by atoms with E-state index in [1.54, 1.807) is 0 Å². The van der Waals surface area contributed by atoms with Gasteiger partial charge in [0, 0.05) is 14.6 Å². The third kappa shape index (κ3) is 5.77. The van der Waals surface area contributed by atoms with Gasteiger partial charge in [-0.3, -0.25) is 14.3 Å². The molecule has 0 aliphatic carbocycles. The number of aryl methyl sites for hydroxylation is 1. The van der Waals surface area contributed by atoms with Gasteiger partial charge in [0.25, 0.3) is 0 Å². The van der Waals surface area contributed by atoms with Crippen molar-refractivity contribution in [2.75, 3.05) is 25.2 Å². The summed E-state index contributed by atoms with van der Waals surface area (Å²) in [6.45, 7) is 4.13. The number of nitrogens with zero attached hydrogens (tertiary/aromatic N) is 4. The molecule has 0 aliphatic rings. The molecule has 164 valence electrons. The predicted octanol–water partition coefficient (Wildman–Crippen LogP) is 5.84. The molecule has 1 amide bonds. The number of nitrogens with one attached hydrogen (secondary N) is 1. The Hall–Kier alpha value is -1.68. The quantitative estimate of drug-likeness (QED) is 0.347. The highest BCUT2D eigenvalue weighted by Crippen LogP contribution is 2.33. The standard InChI is InChI=1S/C22H25Br2N5OS/c1-5-18(28(3)4)21-26-27-22(29(21)15-9-7-6-8-10-15)31-13-19(30)25-20-16(23)11-14(2)12-17(20)24/h6-12,18H,5,13H2,1-4H3,(H,25,30). The van der Waals surface area contributed by atoms with Crippen molar-refractivity contribution in [1.29, 1.82) is 0 Å². The van der Waals surface area contributed by atoms with Gasteiger partial charge >= 0.3 is 0 Å². The summed E-state index contributed by atoms with van der Waals surface area (Å²) < 4.78 is 3.72. The first kappa shape index (κ1) is 24.0. The minimum absolute atomic E-state index is 0.112. The second-order valence-electron chi connectivity index (χ2n) is 7.34. The summed E-state index contributed by atoms with van der Waals surface area (Å²) >= 11 is 8.42. The van der Waals surface area contributed by atoms with Crippen molar-refractivity contribution in [3.05, 3.63) is 62.8 Å². The summed E-state index contributed by atoms with van der Waals surface area (Å²) in [6, 6.07) is 14.1. The normalized spacial score (nSPS) is 12.2. The fourth-order valence-corrected chi connectivity index (χ4v) is 5.69. The number of para-hydroxylation sites is 1. The number of aromatic nitrogens is 3. The van der Waals surface area contributed by atoms with Gasteiger partial charge in [0.05, 0.1) is 17.5 Å². The minimum Gasteiger partial charge on any atom is -0.323 e. The van der Waals surface area contributed by atoms with Gasteiger partial charge in [0.1, 0.15) is 0 Å². The van der Waals surface area contributed by atoms with Gasteiger partial charge in [-0.05, 0) is 89.1 Å². The molecule has 0 bridgehead atoms. The molecular weight excluding hydrogens is 542 g/mol. The maximum absolute atomic E-state index is 12.7. The number of rotatable bonds is 8. The second-order valence-corrected chi connectivity index (χ2v) is 9.99. The summed E-state index contributed by atoms with van der Waals surface area (Å²) in [4.78, 5) is 14.8. The van der Waals surface area contributed by atoms with Gasteiger partial charge in [-0.25, -0.2) is 0 Å². The van der Waals surface area contributed by atoms with Gasteiger partial charge in [0.2, 0.25) is 5.91 Å². The highest BCUT2D eigenvalue weighted by Gasteiger charge is 2.23. The smallest absolute Gasteiger partial charge is 0.234 e. The van der Waals surface area contributed by atoms with Crippen molar-refractivity contribution in [1.82, 2.24) is 19.7 Å². The molecule has 3 rings (SSSR count). The highest BCUT2D eigenvalue weighted by atomic mass is 79.9. The Labute approximate surface area is 204 Å². The number of hydrogen-bond acceptors (Lipinski definition) is 5. The zero-order valence-corrected chi connectivity index (χ0v) is 21.9. The second kappa shape index (κ2) is 10.8. The molecule has 0 spiro atoms. The molecule has 0 radical (unpaired) electrons. The van der Waals surface area contributed by atoms with E-state index in [-0.39, 0.29) is 17.7 Å². The van der Waals surface area contributed by atoms with E-state index in [1.807, 2.05) is 68.1 Å². The molecule has 1 aromatic heterocycles. The van der Waals surface area contributed by atoms with Crippen LogP contribution in [0.3, 0.4) is 0 Å². The van der Waals surface area contributed by atoms with E-state index in [0.29, 0.717) is 5.16 Å². The van der Waals surface area contributed by atoms with Crippen LogP contribution in [0.2, 0.25) is 0 Å². The van der Waals surface area contributed by atoms with Crippen LogP contribution in [0.1, 0.15) is 30.8 Å². The van der Waals surface area contributed by atoms with Gasteiger partial charge in [0.15, 0.2) is 11.0 Å². The van der Waals surface area contributed by atoms with Crippen LogP contribution in [0, 0.1) is 6.92 Å². The molecule has 1 N–H and O–H groups in total. The van der Waals surface area contributed by atoms with E-state index in [2.05, 4.69) is 59.2 Å². The third-order valence-electron chi connectivity index (χ3n) is 4.76. The molecule has 1 heterocycles. The molecular formula is C22H25Br2N5OS. The number of hydrogen-bond donors (Lipinski definition) is 1. The number of carbonyl (C=O) groups is 1. The maximum Gasteiger partial charge on any atom is 0.234 e.